The minimum Gasteiger partial charge on any atom is -0.375 e. The van der Waals surface area contributed by atoms with Crippen molar-refractivity contribution in [3.8, 4) is 0 Å². The SMILES string of the molecule is CC1CN(C(N)=NCCC2CCN(CC(F)(F)F)CC2)CCO1. The Balaban J connectivity index is 1.66. The zero-order valence-electron chi connectivity index (χ0n) is 13.7. The lowest BCUT2D eigenvalue weighted by molar-refractivity contribution is -0.148. The number of nitrogens with zero attached hydrogens (tertiary/aromatic N) is 3. The first kappa shape index (κ1) is 18.3. The molecule has 0 radical (unpaired) electrons. The minimum atomic E-state index is -4.10. The molecular formula is C15H27F3N4O. The number of morpholine rings is 1. The second kappa shape index (κ2) is 8.19. The quantitative estimate of drug-likeness (QED) is 0.627. The molecule has 0 spiro atoms. The van der Waals surface area contributed by atoms with E-state index in [1.165, 1.54) is 4.90 Å². The first-order chi connectivity index (χ1) is 10.8. The fourth-order valence-electron chi connectivity index (χ4n) is 3.17. The standard InChI is InChI=1S/C15H27F3N4O/c1-12-10-22(8-9-23-12)14(19)20-5-2-13-3-6-21(7-4-13)11-15(16,17)18/h12-13H,2-11H2,1H3,(H2,19,20). The van der Waals surface area contributed by atoms with E-state index in [1.807, 2.05) is 11.8 Å². The molecule has 2 rings (SSSR count). The van der Waals surface area contributed by atoms with Gasteiger partial charge < -0.3 is 15.4 Å². The number of piperidine rings is 1. The third-order valence-electron chi connectivity index (χ3n) is 4.49. The fraction of sp³-hybridized carbons (Fsp3) is 0.933. The topological polar surface area (TPSA) is 54.1 Å². The van der Waals surface area contributed by atoms with Crippen molar-refractivity contribution >= 4 is 5.96 Å². The van der Waals surface area contributed by atoms with Gasteiger partial charge in [-0.05, 0) is 45.2 Å². The summed E-state index contributed by atoms with van der Waals surface area (Å²) in [5.41, 5.74) is 6.00. The summed E-state index contributed by atoms with van der Waals surface area (Å²) in [7, 11) is 0. The van der Waals surface area contributed by atoms with Crippen LogP contribution >= 0.6 is 0 Å². The first-order valence-electron chi connectivity index (χ1n) is 8.29. The predicted molar refractivity (Wildman–Crippen MR) is 83.3 cm³/mol. The number of alkyl halides is 3. The maximum absolute atomic E-state index is 12.3. The van der Waals surface area contributed by atoms with Crippen molar-refractivity contribution in [3.63, 3.8) is 0 Å². The summed E-state index contributed by atoms with van der Waals surface area (Å²) in [5, 5.41) is 0. The van der Waals surface area contributed by atoms with Gasteiger partial charge in [0.25, 0.3) is 0 Å². The summed E-state index contributed by atoms with van der Waals surface area (Å²) in [6.07, 6.45) is -1.43. The van der Waals surface area contributed by atoms with Gasteiger partial charge in [0.15, 0.2) is 5.96 Å². The van der Waals surface area contributed by atoms with Crippen molar-refractivity contribution in [2.75, 3.05) is 45.9 Å². The lowest BCUT2D eigenvalue weighted by Crippen LogP contribution is -2.48. The van der Waals surface area contributed by atoms with Crippen LogP contribution in [0.5, 0.6) is 0 Å². The summed E-state index contributed by atoms with van der Waals surface area (Å²) in [5.74, 6) is 0.995. The highest BCUT2D eigenvalue weighted by Crippen LogP contribution is 2.24. The Hall–Kier alpha value is -1.02. The lowest BCUT2D eigenvalue weighted by Gasteiger charge is -2.33. The van der Waals surface area contributed by atoms with Crippen LogP contribution in [0.1, 0.15) is 26.2 Å². The Morgan fingerprint density at radius 2 is 1.96 bits per heavy atom. The van der Waals surface area contributed by atoms with Crippen LogP contribution < -0.4 is 5.73 Å². The van der Waals surface area contributed by atoms with E-state index in [2.05, 4.69) is 4.99 Å². The summed E-state index contributed by atoms with van der Waals surface area (Å²) in [6.45, 7) is 5.07. The molecule has 0 aromatic heterocycles. The molecule has 0 bridgehead atoms. The Kier molecular flexibility index (Phi) is 6.52. The van der Waals surface area contributed by atoms with Crippen LogP contribution in [0.2, 0.25) is 0 Å². The molecule has 0 aromatic carbocycles. The highest BCUT2D eigenvalue weighted by molar-refractivity contribution is 5.78. The normalized spacial score (nSPS) is 25.8. The second-order valence-electron chi connectivity index (χ2n) is 6.49. The maximum atomic E-state index is 12.3. The molecule has 23 heavy (non-hydrogen) atoms. The van der Waals surface area contributed by atoms with Crippen LogP contribution in [0.3, 0.4) is 0 Å². The summed E-state index contributed by atoms with van der Waals surface area (Å²) in [6, 6.07) is 0. The average Bonchev–Trinajstić information content (AvgIpc) is 2.47. The van der Waals surface area contributed by atoms with Gasteiger partial charge in [0, 0.05) is 19.6 Å². The average molecular weight is 336 g/mol. The molecule has 2 heterocycles. The molecule has 1 atom stereocenters. The molecule has 2 fully saturated rings. The molecule has 1 unspecified atom stereocenters. The summed E-state index contributed by atoms with van der Waals surface area (Å²) >= 11 is 0. The van der Waals surface area contributed by atoms with Gasteiger partial charge in [0.1, 0.15) is 0 Å². The lowest BCUT2D eigenvalue weighted by atomic mass is 9.93. The molecule has 0 aromatic rings. The summed E-state index contributed by atoms with van der Waals surface area (Å²) < 4.78 is 42.5. The predicted octanol–water partition coefficient (Wildman–Crippen LogP) is 1.69. The van der Waals surface area contributed by atoms with Gasteiger partial charge >= 0.3 is 6.18 Å². The number of hydrogen-bond donors (Lipinski definition) is 1. The Morgan fingerprint density at radius 1 is 1.26 bits per heavy atom. The van der Waals surface area contributed by atoms with E-state index in [4.69, 9.17) is 10.5 Å². The van der Waals surface area contributed by atoms with E-state index >= 15 is 0 Å². The smallest absolute Gasteiger partial charge is 0.375 e. The largest absolute Gasteiger partial charge is 0.401 e. The number of likely N-dealkylation sites (tertiary alicyclic amines) is 1. The molecule has 2 N–H and O–H groups in total. The van der Waals surface area contributed by atoms with Gasteiger partial charge in [-0.2, -0.15) is 13.2 Å². The highest BCUT2D eigenvalue weighted by atomic mass is 19.4. The van der Waals surface area contributed by atoms with Crippen molar-refractivity contribution in [1.82, 2.24) is 9.80 Å². The zero-order valence-corrected chi connectivity index (χ0v) is 13.7. The van der Waals surface area contributed by atoms with Crippen molar-refractivity contribution in [2.24, 2.45) is 16.6 Å². The highest BCUT2D eigenvalue weighted by Gasteiger charge is 2.32. The van der Waals surface area contributed by atoms with Crippen LogP contribution in [0.15, 0.2) is 4.99 Å². The molecule has 0 amide bonds. The van der Waals surface area contributed by atoms with E-state index < -0.39 is 12.7 Å². The van der Waals surface area contributed by atoms with Crippen LogP contribution in [0.4, 0.5) is 13.2 Å². The van der Waals surface area contributed by atoms with E-state index in [0.717, 1.165) is 32.4 Å². The van der Waals surface area contributed by atoms with E-state index in [1.54, 1.807) is 0 Å². The van der Waals surface area contributed by atoms with Crippen LogP contribution in [0, 0.1) is 5.92 Å². The number of aliphatic imine (C=N–C) groups is 1. The van der Waals surface area contributed by atoms with E-state index in [-0.39, 0.29) is 6.10 Å². The molecule has 2 saturated heterocycles. The number of guanidine groups is 1. The molecule has 5 nitrogen and oxygen atoms in total. The Labute approximate surface area is 135 Å². The molecule has 0 aliphatic carbocycles. The van der Waals surface area contributed by atoms with Gasteiger partial charge in [0.05, 0.1) is 19.3 Å². The van der Waals surface area contributed by atoms with Crippen molar-refractivity contribution < 1.29 is 17.9 Å². The summed E-state index contributed by atoms with van der Waals surface area (Å²) in [4.78, 5) is 7.94. The first-order valence-corrected chi connectivity index (χ1v) is 8.29. The molecule has 2 aliphatic heterocycles. The monoisotopic (exact) mass is 336 g/mol. The van der Waals surface area contributed by atoms with Gasteiger partial charge in [-0.1, -0.05) is 0 Å². The zero-order chi connectivity index (χ0) is 16.9. The number of rotatable bonds is 4. The molecule has 0 saturated carbocycles. The van der Waals surface area contributed by atoms with Crippen molar-refractivity contribution in [1.29, 1.82) is 0 Å². The van der Waals surface area contributed by atoms with Crippen LogP contribution in [-0.4, -0.2) is 73.9 Å². The Bertz CT molecular complexity index is 395. The van der Waals surface area contributed by atoms with Gasteiger partial charge in [-0.25, -0.2) is 0 Å². The number of hydrogen-bond acceptors (Lipinski definition) is 3. The third-order valence-corrected chi connectivity index (χ3v) is 4.49. The maximum Gasteiger partial charge on any atom is 0.401 e. The molecule has 2 aliphatic rings. The Morgan fingerprint density at radius 3 is 2.57 bits per heavy atom. The number of halogens is 3. The van der Waals surface area contributed by atoms with Crippen molar-refractivity contribution in [3.05, 3.63) is 0 Å². The number of nitrogens with two attached hydrogens (primary N) is 1. The minimum absolute atomic E-state index is 0.162. The molecule has 134 valence electrons. The van der Waals surface area contributed by atoms with E-state index in [9.17, 15) is 13.2 Å². The second-order valence-corrected chi connectivity index (χ2v) is 6.49. The van der Waals surface area contributed by atoms with Crippen LogP contribution in [0.25, 0.3) is 0 Å². The van der Waals surface area contributed by atoms with Gasteiger partial charge in [-0.3, -0.25) is 9.89 Å². The van der Waals surface area contributed by atoms with Crippen molar-refractivity contribution in [2.45, 2.75) is 38.5 Å². The van der Waals surface area contributed by atoms with Gasteiger partial charge in [0.2, 0.25) is 0 Å². The fourth-order valence-corrected chi connectivity index (χ4v) is 3.17. The number of ether oxygens (including phenoxy) is 1. The molecule has 8 heteroatoms. The third kappa shape index (κ3) is 6.55. The van der Waals surface area contributed by atoms with Gasteiger partial charge in [-0.15, -0.1) is 0 Å². The molecular weight excluding hydrogens is 309 g/mol. The van der Waals surface area contributed by atoms with E-state index in [0.29, 0.717) is 38.1 Å². The van der Waals surface area contributed by atoms with Crippen LogP contribution in [-0.2, 0) is 4.74 Å².